The highest BCUT2D eigenvalue weighted by molar-refractivity contribution is 5.94. The van der Waals surface area contributed by atoms with Gasteiger partial charge in [0.25, 0.3) is 5.91 Å². The SMILES string of the molecule is Nc1ccccc1NC(=O)CC=CCCNC(=O)c1ccccc1. The van der Waals surface area contributed by atoms with Gasteiger partial charge in [0.2, 0.25) is 5.91 Å². The number of benzene rings is 2. The lowest BCUT2D eigenvalue weighted by Gasteiger charge is -2.06. The van der Waals surface area contributed by atoms with Crippen molar-refractivity contribution in [1.82, 2.24) is 5.32 Å². The van der Waals surface area contributed by atoms with Crippen LogP contribution in [0.5, 0.6) is 0 Å². The number of amides is 2. The highest BCUT2D eigenvalue weighted by Crippen LogP contribution is 2.16. The molecule has 2 rings (SSSR count). The molecular weight excluding hydrogens is 302 g/mol. The third kappa shape index (κ3) is 5.61. The fraction of sp³-hybridized carbons (Fsp3) is 0.158. The van der Waals surface area contributed by atoms with Crippen LogP contribution in [-0.4, -0.2) is 18.4 Å². The monoisotopic (exact) mass is 323 g/mol. The summed E-state index contributed by atoms with van der Waals surface area (Å²) in [6.07, 6.45) is 4.59. The Labute approximate surface area is 141 Å². The number of hydrogen-bond acceptors (Lipinski definition) is 3. The summed E-state index contributed by atoms with van der Waals surface area (Å²) in [6, 6.07) is 16.2. The van der Waals surface area contributed by atoms with Crippen LogP contribution in [0.3, 0.4) is 0 Å². The third-order valence-corrected chi connectivity index (χ3v) is 3.34. The maximum atomic E-state index is 11.8. The first-order valence-corrected chi connectivity index (χ1v) is 7.79. The van der Waals surface area contributed by atoms with Crippen molar-refractivity contribution in [3.8, 4) is 0 Å². The number of rotatable bonds is 7. The van der Waals surface area contributed by atoms with E-state index >= 15 is 0 Å². The van der Waals surface area contributed by atoms with Crippen molar-refractivity contribution >= 4 is 23.2 Å². The Bertz CT molecular complexity index is 712. The molecule has 0 unspecified atom stereocenters. The zero-order valence-electron chi connectivity index (χ0n) is 13.4. The van der Waals surface area contributed by atoms with E-state index < -0.39 is 0 Å². The maximum absolute atomic E-state index is 11.8. The summed E-state index contributed by atoms with van der Waals surface area (Å²) >= 11 is 0. The summed E-state index contributed by atoms with van der Waals surface area (Å²) in [7, 11) is 0. The maximum Gasteiger partial charge on any atom is 0.251 e. The van der Waals surface area contributed by atoms with Gasteiger partial charge >= 0.3 is 0 Å². The van der Waals surface area contributed by atoms with Gasteiger partial charge in [0, 0.05) is 18.5 Å². The van der Waals surface area contributed by atoms with Crippen LogP contribution < -0.4 is 16.4 Å². The number of hydrogen-bond donors (Lipinski definition) is 3. The van der Waals surface area contributed by atoms with Crippen LogP contribution in [0.2, 0.25) is 0 Å². The van der Waals surface area contributed by atoms with Crippen molar-refractivity contribution in [2.24, 2.45) is 0 Å². The van der Waals surface area contributed by atoms with Gasteiger partial charge in [-0.3, -0.25) is 9.59 Å². The number of para-hydroxylation sites is 2. The van der Waals surface area contributed by atoms with Crippen LogP contribution in [0.4, 0.5) is 11.4 Å². The Kier molecular flexibility index (Phi) is 6.58. The molecule has 0 fully saturated rings. The van der Waals surface area contributed by atoms with Crippen LogP contribution in [0.15, 0.2) is 66.7 Å². The molecule has 2 amide bonds. The molecule has 2 aromatic rings. The van der Waals surface area contributed by atoms with Gasteiger partial charge in [0.15, 0.2) is 0 Å². The minimum absolute atomic E-state index is 0.0960. The molecule has 0 spiro atoms. The summed E-state index contributed by atoms with van der Waals surface area (Å²) in [5.41, 5.74) is 7.56. The van der Waals surface area contributed by atoms with Gasteiger partial charge < -0.3 is 16.4 Å². The Hall–Kier alpha value is -3.08. The lowest BCUT2D eigenvalue weighted by atomic mass is 10.2. The summed E-state index contributed by atoms with van der Waals surface area (Å²) in [5.74, 6) is -0.223. The Morgan fingerprint density at radius 2 is 1.67 bits per heavy atom. The largest absolute Gasteiger partial charge is 0.397 e. The first-order chi connectivity index (χ1) is 11.7. The number of carbonyl (C=O) groups is 2. The van der Waals surface area contributed by atoms with E-state index in [2.05, 4.69) is 10.6 Å². The average Bonchev–Trinajstić information content (AvgIpc) is 2.60. The number of nitrogens with two attached hydrogens (primary N) is 1. The third-order valence-electron chi connectivity index (χ3n) is 3.34. The van der Waals surface area contributed by atoms with Crippen LogP contribution in [-0.2, 0) is 4.79 Å². The number of nitrogens with one attached hydrogen (secondary N) is 2. The van der Waals surface area contributed by atoms with Crippen molar-refractivity contribution in [1.29, 1.82) is 0 Å². The molecule has 0 saturated carbocycles. The molecule has 0 atom stereocenters. The molecule has 4 N–H and O–H groups in total. The molecule has 0 saturated heterocycles. The molecule has 24 heavy (non-hydrogen) atoms. The first-order valence-electron chi connectivity index (χ1n) is 7.79. The predicted molar refractivity (Wildman–Crippen MR) is 96.6 cm³/mol. The summed E-state index contributed by atoms with van der Waals surface area (Å²) in [6.45, 7) is 0.525. The molecule has 5 nitrogen and oxygen atoms in total. The topological polar surface area (TPSA) is 84.2 Å². The molecule has 0 aliphatic rings. The Balaban J connectivity index is 1.65. The van der Waals surface area contributed by atoms with Crippen LogP contribution in [0, 0.1) is 0 Å². The Morgan fingerprint density at radius 1 is 0.958 bits per heavy atom. The fourth-order valence-corrected chi connectivity index (χ4v) is 2.08. The standard InChI is InChI=1S/C19H21N3O2/c20-16-11-6-7-12-17(16)22-18(23)13-5-2-8-14-21-19(24)15-9-3-1-4-10-15/h1-7,9-12H,8,13-14,20H2,(H,21,24)(H,22,23). The van der Waals surface area contributed by atoms with E-state index in [0.29, 0.717) is 29.9 Å². The molecule has 0 aromatic heterocycles. The lowest BCUT2D eigenvalue weighted by Crippen LogP contribution is -2.23. The summed E-state index contributed by atoms with van der Waals surface area (Å²) < 4.78 is 0. The highest BCUT2D eigenvalue weighted by atomic mass is 16.2. The van der Waals surface area contributed by atoms with Crippen molar-refractivity contribution < 1.29 is 9.59 Å². The van der Waals surface area contributed by atoms with Crippen LogP contribution >= 0.6 is 0 Å². The zero-order valence-corrected chi connectivity index (χ0v) is 13.4. The van der Waals surface area contributed by atoms with Crippen molar-refractivity contribution in [3.05, 3.63) is 72.3 Å². The minimum Gasteiger partial charge on any atom is -0.397 e. The van der Waals surface area contributed by atoms with E-state index in [1.165, 1.54) is 0 Å². The second-order valence-electron chi connectivity index (χ2n) is 5.22. The van der Waals surface area contributed by atoms with Gasteiger partial charge in [-0.25, -0.2) is 0 Å². The number of anilines is 2. The zero-order chi connectivity index (χ0) is 17.2. The first kappa shape index (κ1) is 17.3. The highest BCUT2D eigenvalue weighted by Gasteiger charge is 2.03. The smallest absolute Gasteiger partial charge is 0.251 e. The lowest BCUT2D eigenvalue weighted by molar-refractivity contribution is -0.115. The van der Waals surface area contributed by atoms with E-state index in [0.717, 1.165) is 0 Å². The average molecular weight is 323 g/mol. The van der Waals surface area contributed by atoms with Crippen LogP contribution in [0.25, 0.3) is 0 Å². The molecule has 0 bridgehead atoms. The molecule has 0 radical (unpaired) electrons. The second kappa shape index (κ2) is 9.15. The molecule has 0 aliphatic carbocycles. The van der Waals surface area contributed by atoms with E-state index in [4.69, 9.17) is 5.73 Å². The molecule has 124 valence electrons. The van der Waals surface area contributed by atoms with Gasteiger partial charge in [0.1, 0.15) is 0 Å². The number of nitrogen functional groups attached to an aromatic ring is 1. The summed E-state index contributed by atoms with van der Waals surface area (Å²) in [4.78, 5) is 23.6. The van der Waals surface area contributed by atoms with E-state index in [9.17, 15) is 9.59 Å². The van der Waals surface area contributed by atoms with Crippen molar-refractivity contribution in [3.63, 3.8) is 0 Å². The fourth-order valence-electron chi connectivity index (χ4n) is 2.08. The van der Waals surface area contributed by atoms with Crippen LogP contribution in [0.1, 0.15) is 23.2 Å². The van der Waals surface area contributed by atoms with Gasteiger partial charge in [-0.2, -0.15) is 0 Å². The Morgan fingerprint density at radius 3 is 2.42 bits per heavy atom. The van der Waals surface area contributed by atoms with Crippen molar-refractivity contribution in [2.75, 3.05) is 17.6 Å². The molecule has 2 aromatic carbocycles. The quantitative estimate of drug-likeness (QED) is 0.416. The molecular formula is C19H21N3O2. The van der Waals surface area contributed by atoms with Crippen molar-refractivity contribution in [2.45, 2.75) is 12.8 Å². The molecule has 5 heteroatoms. The second-order valence-corrected chi connectivity index (χ2v) is 5.22. The molecule has 0 aliphatic heterocycles. The van der Waals surface area contributed by atoms with Gasteiger partial charge in [-0.05, 0) is 30.7 Å². The van der Waals surface area contributed by atoms with Gasteiger partial charge in [-0.1, -0.05) is 42.5 Å². The summed E-state index contributed by atoms with van der Waals surface area (Å²) in [5, 5.41) is 5.58. The molecule has 0 heterocycles. The van der Waals surface area contributed by atoms with E-state index in [1.807, 2.05) is 36.4 Å². The predicted octanol–water partition coefficient (Wildman–Crippen LogP) is 2.97. The van der Waals surface area contributed by atoms with Gasteiger partial charge in [0.05, 0.1) is 11.4 Å². The normalized spacial score (nSPS) is 10.5. The van der Waals surface area contributed by atoms with E-state index in [1.54, 1.807) is 30.3 Å². The van der Waals surface area contributed by atoms with Gasteiger partial charge in [-0.15, -0.1) is 0 Å². The number of carbonyl (C=O) groups excluding carboxylic acids is 2. The minimum atomic E-state index is -0.127. The van der Waals surface area contributed by atoms with E-state index in [-0.39, 0.29) is 18.2 Å².